The third-order valence-corrected chi connectivity index (χ3v) is 2.50. The molecule has 102 valence electrons. The largest absolute Gasteiger partial charge is 0.496 e. The maximum Gasteiger partial charge on any atom is 0.315 e. The summed E-state index contributed by atoms with van der Waals surface area (Å²) >= 11 is 0. The summed E-state index contributed by atoms with van der Waals surface area (Å²) in [5.74, 6) is 0.328. The van der Waals surface area contributed by atoms with Crippen LogP contribution in [0.15, 0.2) is 36.5 Å². The third kappa shape index (κ3) is 2.72. The maximum absolute atomic E-state index is 11.0. The van der Waals surface area contributed by atoms with Gasteiger partial charge in [0.25, 0.3) is 0 Å². The molecule has 2 aromatic rings. The molecule has 0 unspecified atom stereocenters. The minimum absolute atomic E-state index is 0.00997. The van der Waals surface area contributed by atoms with E-state index in [1.54, 1.807) is 6.07 Å². The molecule has 0 amide bonds. The lowest BCUT2D eigenvalue weighted by molar-refractivity contribution is -0.385. The Labute approximate surface area is 113 Å². The minimum atomic E-state index is -0.596. The van der Waals surface area contributed by atoms with Crippen molar-refractivity contribution >= 4 is 12.0 Å². The first kappa shape index (κ1) is 13.5. The van der Waals surface area contributed by atoms with E-state index in [1.807, 2.05) is 0 Å². The van der Waals surface area contributed by atoms with Crippen LogP contribution in [-0.4, -0.2) is 23.3 Å². The molecule has 0 aliphatic carbocycles. The van der Waals surface area contributed by atoms with Gasteiger partial charge >= 0.3 is 5.69 Å². The summed E-state index contributed by atoms with van der Waals surface area (Å²) in [6.45, 7) is 0. The van der Waals surface area contributed by atoms with Gasteiger partial charge in [-0.15, -0.1) is 0 Å². The van der Waals surface area contributed by atoms with E-state index >= 15 is 0 Å². The molecule has 20 heavy (non-hydrogen) atoms. The fourth-order valence-electron chi connectivity index (χ4n) is 1.54. The monoisotopic (exact) mass is 274 g/mol. The fraction of sp³-hybridized carbons (Fsp3) is 0.0769. The van der Waals surface area contributed by atoms with Crippen molar-refractivity contribution in [2.75, 3.05) is 7.11 Å². The van der Waals surface area contributed by atoms with Crippen molar-refractivity contribution in [2.45, 2.75) is 0 Å². The number of carbonyl (C=O) groups is 1. The van der Waals surface area contributed by atoms with Crippen LogP contribution in [0.2, 0.25) is 0 Å². The Morgan fingerprint density at radius 2 is 2.15 bits per heavy atom. The topological polar surface area (TPSA) is 91.6 Å². The van der Waals surface area contributed by atoms with Crippen molar-refractivity contribution in [1.29, 1.82) is 0 Å². The van der Waals surface area contributed by atoms with Gasteiger partial charge in [0.1, 0.15) is 5.75 Å². The number of ether oxygens (including phenoxy) is 2. The highest BCUT2D eigenvalue weighted by atomic mass is 16.6. The molecule has 0 saturated carbocycles. The smallest absolute Gasteiger partial charge is 0.315 e. The minimum Gasteiger partial charge on any atom is -0.496 e. The van der Waals surface area contributed by atoms with Crippen LogP contribution in [0.3, 0.4) is 0 Å². The van der Waals surface area contributed by atoms with E-state index in [9.17, 15) is 14.9 Å². The third-order valence-electron chi connectivity index (χ3n) is 2.50. The van der Waals surface area contributed by atoms with Gasteiger partial charge in [0.2, 0.25) is 11.6 Å². The number of aromatic nitrogens is 1. The van der Waals surface area contributed by atoms with E-state index in [-0.39, 0.29) is 22.9 Å². The number of methoxy groups -OCH3 is 1. The molecular weight excluding hydrogens is 264 g/mol. The first-order chi connectivity index (χ1) is 9.65. The van der Waals surface area contributed by atoms with Crippen LogP contribution in [0.25, 0.3) is 0 Å². The Kier molecular flexibility index (Phi) is 3.90. The second kappa shape index (κ2) is 5.79. The zero-order valence-corrected chi connectivity index (χ0v) is 10.5. The van der Waals surface area contributed by atoms with Crippen molar-refractivity contribution in [2.24, 2.45) is 0 Å². The molecule has 0 radical (unpaired) electrons. The number of pyridine rings is 1. The number of nitrogens with zero attached hydrogens (tertiary/aromatic N) is 2. The molecule has 0 bridgehead atoms. The van der Waals surface area contributed by atoms with E-state index < -0.39 is 4.92 Å². The van der Waals surface area contributed by atoms with Gasteiger partial charge in [0, 0.05) is 6.20 Å². The van der Waals surface area contributed by atoms with E-state index in [1.165, 1.54) is 37.6 Å². The van der Waals surface area contributed by atoms with Crippen LogP contribution in [0, 0.1) is 10.1 Å². The average Bonchev–Trinajstić information content (AvgIpc) is 2.48. The molecule has 1 aromatic heterocycles. The standard InChI is InChI=1S/C13H10N2O5/c1-19-10-4-5-12(11(7-10)15(17)18)20-13-9(8-16)3-2-6-14-13/h2-8H,1H3. The normalized spacial score (nSPS) is 9.85. The lowest BCUT2D eigenvalue weighted by Crippen LogP contribution is -1.97. The summed E-state index contributed by atoms with van der Waals surface area (Å²) in [6, 6.07) is 7.22. The molecule has 0 saturated heterocycles. The van der Waals surface area contributed by atoms with Gasteiger partial charge in [-0.1, -0.05) is 0 Å². The molecule has 1 aromatic carbocycles. The quantitative estimate of drug-likeness (QED) is 0.472. The van der Waals surface area contributed by atoms with Crippen LogP contribution in [0.4, 0.5) is 5.69 Å². The number of nitro groups is 1. The highest BCUT2D eigenvalue weighted by Gasteiger charge is 2.18. The Morgan fingerprint density at radius 1 is 1.35 bits per heavy atom. The molecule has 0 aliphatic rings. The Morgan fingerprint density at radius 3 is 2.80 bits per heavy atom. The lowest BCUT2D eigenvalue weighted by Gasteiger charge is -2.08. The summed E-state index contributed by atoms with van der Waals surface area (Å²) in [6.07, 6.45) is 2.00. The Bertz CT molecular complexity index is 657. The molecule has 7 nitrogen and oxygen atoms in total. The van der Waals surface area contributed by atoms with Gasteiger partial charge < -0.3 is 9.47 Å². The SMILES string of the molecule is COc1ccc(Oc2ncccc2C=O)c([N+](=O)[O-])c1. The van der Waals surface area contributed by atoms with E-state index in [0.717, 1.165) is 0 Å². The number of hydrogen-bond donors (Lipinski definition) is 0. The molecule has 7 heteroatoms. The number of hydrogen-bond acceptors (Lipinski definition) is 6. The zero-order valence-electron chi connectivity index (χ0n) is 10.5. The fourth-order valence-corrected chi connectivity index (χ4v) is 1.54. The van der Waals surface area contributed by atoms with Crippen molar-refractivity contribution in [3.05, 3.63) is 52.2 Å². The predicted octanol–water partition coefficient (Wildman–Crippen LogP) is 2.60. The van der Waals surface area contributed by atoms with Crippen molar-refractivity contribution in [3.63, 3.8) is 0 Å². The number of rotatable bonds is 5. The molecule has 1 heterocycles. The highest BCUT2D eigenvalue weighted by molar-refractivity contribution is 5.78. The molecule has 0 spiro atoms. The molecule has 2 rings (SSSR count). The Balaban J connectivity index is 2.43. The number of carbonyl (C=O) groups excluding carboxylic acids is 1. The second-order valence-electron chi connectivity index (χ2n) is 3.71. The molecule has 0 atom stereocenters. The highest BCUT2D eigenvalue weighted by Crippen LogP contribution is 2.34. The van der Waals surface area contributed by atoms with Crippen LogP contribution in [0.1, 0.15) is 10.4 Å². The van der Waals surface area contributed by atoms with E-state index in [0.29, 0.717) is 12.0 Å². The van der Waals surface area contributed by atoms with Gasteiger partial charge in [-0.05, 0) is 24.3 Å². The van der Waals surface area contributed by atoms with Crippen molar-refractivity contribution in [1.82, 2.24) is 4.98 Å². The average molecular weight is 274 g/mol. The van der Waals surface area contributed by atoms with Gasteiger partial charge in [0.15, 0.2) is 6.29 Å². The molecule has 0 aliphatic heterocycles. The predicted molar refractivity (Wildman–Crippen MR) is 69.3 cm³/mol. The van der Waals surface area contributed by atoms with Crippen LogP contribution in [-0.2, 0) is 0 Å². The molecule has 0 fully saturated rings. The van der Waals surface area contributed by atoms with Crippen LogP contribution >= 0.6 is 0 Å². The van der Waals surface area contributed by atoms with Gasteiger partial charge in [-0.25, -0.2) is 4.98 Å². The molecular formula is C13H10N2O5. The maximum atomic E-state index is 11.0. The van der Waals surface area contributed by atoms with Crippen molar-refractivity contribution in [3.8, 4) is 17.4 Å². The summed E-state index contributed by atoms with van der Waals surface area (Å²) in [4.78, 5) is 25.2. The van der Waals surface area contributed by atoms with Gasteiger partial charge in [-0.2, -0.15) is 0 Å². The van der Waals surface area contributed by atoms with Gasteiger partial charge in [0.05, 0.1) is 23.7 Å². The first-order valence-electron chi connectivity index (χ1n) is 5.56. The zero-order chi connectivity index (χ0) is 14.5. The number of nitro benzene ring substituents is 1. The number of aldehydes is 1. The molecule has 0 N–H and O–H groups in total. The summed E-state index contributed by atoms with van der Waals surface area (Å²) in [7, 11) is 1.41. The van der Waals surface area contributed by atoms with Crippen molar-refractivity contribution < 1.29 is 19.2 Å². The number of benzene rings is 1. The Hall–Kier alpha value is -2.96. The van der Waals surface area contributed by atoms with E-state index in [2.05, 4.69) is 4.98 Å². The van der Waals surface area contributed by atoms with Crippen LogP contribution < -0.4 is 9.47 Å². The van der Waals surface area contributed by atoms with Gasteiger partial charge in [-0.3, -0.25) is 14.9 Å². The van der Waals surface area contributed by atoms with E-state index in [4.69, 9.17) is 9.47 Å². The lowest BCUT2D eigenvalue weighted by atomic mass is 10.2. The second-order valence-corrected chi connectivity index (χ2v) is 3.71. The summed E-state index contributed by atoms with van der Waals surface area (Å²) in [5, 5.41) is 11.0. The summed E-state index contributed by atoms with van der Waals surface area (Å²) < 4.78 is 10.3. The summed E-state index contributed by atoms with van der Waals surface area (Å²) in [5.41, 5.74) is -0.0653. The first-order valence-corrected chi connectivity index (χ1v) is 5.56. The van der Waals surface area contributed by atoms with Crippen LogP contribution in [0.5, 0.6) is 17.4 Å².